The smallest absolute Gasteiger partial charge is 0.243 e. The van der Waals surface area contributed by atoms with Crippen molar-refractivity contribution in [2.45, 2.75) is 43.4 Å². The van der Waals surface area contributed by atoms with Crippen LogP contribution in [-0.2, 0) is 14.8 Å². The molecule has 2 aromatic carbocycles. The van der Waals surface area contributed by atoms with E-state index in [0.717, 1.165) is 25.7 Å². The average Bonchev–Trinajstić information content (AvgIpc) is 3.03. The number of anilines is 1. The van der Waals surface area contributed by atoms with Crippen LogP contribution in [-0.4, -0.2) is 38.3 Å². The van der Waals surface area contributed by atoms with Gasteiger partial charge in [-0.3, -0.25) is 4.79 Å². The zero-order valence-corrected chi connectivity index (χ0v) is 19.5. The molecule has 0 aliphatic carbocycles. The number of sulfonamides is 1. The van der Waals surface area contributed by atoms with E-state index < -0.39 is 10.0 Å². The Bertz CT molecular complexity index is 989. The maximum absolute atomic E-state index is 12.8. The third-order valence-electron chi connectivity index (χ3n) is 5.04. The third kappa shape index (κ3) is 6.84. The van der Waals surface area contributed by atoms with Crippen molar-refractivity contribution in [1.29, 1.82) is 0 Å². The molecule has 1 aliphatic rings. The van der Waals surface area contributed by atoms with Gasteiger partial charge in [-0.2, -0.15) is 4.31 Å². The first-order chi connectivity index (χ1) is 14.9. The van der Waals surface area contributed by atoms with Gasteiger partial charge in [0.25, 0.3) is 0 Å². The Morgan fingerprint density at radius 1 is 1.00 bits per heavy atom. The quantitative estimate of drug-likeness (QED) is 0.511. The molecule has 1 amide bonds. The highest BCUT2D eigenvalue weighted by atomic mass is 35.5. The van der Waals surface area contributed by atoms with Gasteiger partial charge in [0, 0.05) is 30.2 Å². The normalized spacial score (nSPS) is 15.3. The highest BCUT2D eigenvalue weighted by Crippen LogP contribution is 2.27. The summed E-state index contributed by atoms with van der Waals surface area (Å²) < 4.78 is 32.8. The lowest BCUT2D eigenvalue weighted by Crippen LogP contribution is -2.31. The van der Waals surface area contributed by atoms with Gasteiger partial charge in [0.1, 0.15) is 5.75 Å². The molecule has 31 heavy (non-hydrogen) atoms. The molecule has 6 nitrogen and oxygen atoms in total. The van der Waals surface area contributed by atoms with E-state index in [-0.39, 0.29) is 17.2 Å². The zero-order chi connectivity index (χ0) is 22.3. The van der Waals surface area contributed by atoms with Crippen molar-refractivity contribution in [3.8, 4) is 5.75 Å². The highest BCUT2D eigenvalue weighted by molar-refractivity contribution is 7.89. The van der Waals surface area contributed by atoms with E-state index in [0.29, 0.717) is 47.6 Å². The number of hydrogen-bond donors (Lipinski definition) is 1. The van der Waals surface area contributed by atoms with Gasteiger partial charge >= 0.3 is 0 Å². The van der Waals surface area contributed by atoms with Crippen molar-refractivity contribution in [1.82, 2.24) is 4.31 Å². The molecule has 0 bridgehead atoms. The molecule has 1 aliphatic heterocycles. The first-order valence-corrected chi connectivity index (χ1v) is 12.5. The fourth-order valence-electron chi connectivity index (χ4n) is 3.37. The molecular formula is C22H26Cl2N2O4S. The number of rotatable bonds is 8. The van der Waals surface area contributed by atoms with Crippen LogP contribution < -0.4 is 10.1 Å². The lowest BCUT2D eigenvalue weighted by Gasteiger charge is -2.20. The molecule has 0 atom stereocenters. The summed E-state index contributed by atoms with van der Waals surface area (Å²) in [7, 11) is -3.50. The van der Waals surface area contributed by atoms with Crippen LogP contribution in [0.4, 0.5) is 5.69 Å². The number of amides is 1. The fraction of sp³-hybridized carbons (Fsp3) is 0.409. The zero-order valence-electron chi connectivity index (χ0n) is 17.1. The SMILES string of the molecule is O=C(CCCOc1ccc(Cl)cc1Cl)Nc1ccc(S(=O)(=O)N2CCCCCC2)cc1. The molecule has 0 spiro atoms. The van der Waals surface area contributed by atoms with Gasteiger partial charge in [-0.1, -0.05) is 36.0 Å². The van der Waals surface area contributed by atoms with Gasteiger partial charge in [0.2, 0.25) is 15.9 Å². The second-order valence-electron chi connectivity index (χ2n) is 7.42. The maximum atomic E-state index is 12.8. The molecule has 3 rings (SSSR count). The van der Waals surface area contributed by atoms with E-state index in [1.165, 1.54) is 0 Å². The van der Waals surface area contributed by atoms with E-state index in [1.54, 1.807) is 46.8 Å². The second kappa shape index (κ2) is 11.2. The Labute approximate surface area is 193 Å². The molecule has 1 fully saturated rings. The largest absolute Gasteiger partial charge is 0.492 e. The molecular weight excluding hydrogens is 459 g/mol. The number of carbonyl (C=O) groups excluding carboxylic acids is 1. The summed E-state index contributed by atoms with van der Waals surface area (Å²) in [5.41, 5.74) is 0.557. The molecule has 1 N–H and O–H groups in total. The van der Waals surface area contributed by atoms with Gasteiger partial charge in [-0.25, -0.2) is 8.42 Å². The van der Waals surface area contributed by atoms with E-state index in [1.807, 2.05) is 0 Å². The molecule has 0 radical (unpaired) electrons. The molecule has 0 unspecified atom stereocenters. The monoisotopic (exact) mass is 484 g/mol. The summed E-state index contributed by atoms with van der Waals surface area (Å²) in [5, 5.41) is 3.73. The Morgan fingerprint density at radius 3 is 2.32 bits per heavy atom. The van der Waals surface area contributed by atoms with Crippen molar-refractivity contribution in [3.05, 3.63) is 52.5 Å². The van der Waals surface area contributed by atoms with Crippen LogP contribution in [0, 0.1) is 0 Å². The lowest BCUT2D eigenvalue weighted by atomic mass is 10.2. The van der Waals surface area contributed by atoms with Crippen LogP contribution in [0.2, 0.25) is 10.0 Å². The third-order valence-corrected chi connectivity index (χ3v) is 7.48. The molecule has 2 aromatic rings. The second-order valence-corrected chi connectivity index (χ2v) is 10.2. The highest BCUT2D eigenvalue weighted by Gasteiger charge is 2.24. The Kier molecular flexibility index (Phi) is 8.60. The number of benzene rings is 2. The molecule has 168 valence electrons. The first-order valence-electron chi connectivity index (χ1n) is 10.3. The summed E-state index contributed by atoms with van der Waals surface area (Å²) >= 11 is 11.9. The minimum Gasteiger partial charge on any atom is -0.492 e. The molecule has 1 saturated heterocycles. The minimum atomic E-state index is -3.50. The number of nitrogens with zero attached hydrogens (tertiary/aromatic N) is 1. The van der Waals surface area contributed by atoms with Crippen molar-refractivity contribution in [2.24, 2.45) is 0 Å². The average molecular weight is 485 g/mol. The Hall–Kier alpha value is -1.80. The number of ether oxygens (including phenoxy) is 1. The van der Waals surface area contributed by atoms with Gasteiger partial charge < -0.3 is 10.1 Å². The van der Waals surface area contributed by atoms with Crippen LogP contribution in [0.1, 0.15) is 38.5 Å². The molecule has 0 saturated carbocycles. The van der Waals surface area contributed by atoms with Crippen molar-refractivity contribution in [3.63, 3.8) is 0 Å². The number of nitrogens with one attached hydrogen (secondary N) is 1. The van der Waals surface area contributed by atoms with E-state index >= 15 is 0 Å². The van der Waals surface area contributed by atoms with Gasteiger partial charge in [0.15, 0.2) is 0 Å². The fourth-order valence-corrected chi connectivity index (χ4v) is 5.35. The lowest BCUT2D eigenvalue weighted by molar-refractivity contribution is -0.116. The molecule has 0 aromatic heterocycles. The van der Waals surface area contributed by atoms with Crippen molar-refractivity contribution < 1.29 is 17.9 Å². The van der Waals surface area contributed by atoms with E-state index in [9.17, 15) is 13.2 Å². The first kappa shape index (κ1) is 23.9. The minimum absolute atomic E-state index is 0.172. The summed E-state index contributed by atoms with van der Waals surface area (Å²) in [5.74, 6) is 0.349. The van der Waals surface area contributed by atoms with Crippen LogP contribution >= 0.6 is 23.2 Å². The van der Waals surface area contributed by atoms with Crippen LogP contribution in [0.3, 0.4) is 0 Å². The van der Waals surface area contributed by atoms with Crippen LogP contribution in [0.15, 0.2) is 47.4 Å². The topological polar surface area (TPSA) is 75.7 Å². The van der Waals surface area contributed by atoms with Gasteiger partial charge in [-0.15, -0.1) is 0 Å². The molecule has 1 heterocycles. The van der Waals surface area contributed by atoms with Crippen molar-refractivity contribution in [2.75, 3.05) is 25.0 Å². The summed E-state index contributed by atoms with van der Waals surface area (Å²) in [6.07, 6.45) is 4.68. The maximum Gasteiger partial charge on any atom is 0.243 e. The predicted molar refractivity (Wildman–Crippen MR) is 123 cm³/mol. The Balaban J connectivity index is 1.47. The number of carbonyl (C=O) groups is 1. The van der Waals surface area contributed by atoms with Gasteiger partial charge in [-0.05, 0) is 61.7 Å². The summed E-state index contributed by atoms with van der Waals surface area (Å²) in [4.78, 5) is 12.4. The van der Waals surface area contributed by atoms with Gasteiger partial charge in [0.05, 0.1) is 16.5 Å². The van der Waals surface area contributed by atoms with E-state index in [2.05, 4.69) is 5.32 Å². The summed E-state index contributed by atoms with van der Waals surface area (Å²) in [6, 6.07) is 11.3. The number of halogens is 2. The van der Waals surface area contributed by atoms with Crippen LogP contribution in [0.5, 0.6) is 5.75 Å². The predicted octanol–water partition coefficient (Wildman–Crippen LogP) is 5.36. The van der Waals surface area contributed by atoms with Crippen molar-refractivity contribution >= 4 is 44.8 Å². The van der Waals surface area contributed by atoms with Crippen LogP contribution in [0.25, 0.3) is 0 Å². The number of hydrogen-bond acceptors (Lipinski definition) is 4. The molecule has 9 heteroatoms. The summed E-state index contributed by atoms with van der Waals surface area (Å²) in [6.45, 7) is 1.45. The van der Waals surface area contributed by atoms with E-state index in [4.69, 9.17) is 27.9 Å². The Morgan fingerprint density at radius 2 is 1.68 bits per heavy atom. The standard InChI is InChI=1S/C22H26Cl2N2O4S/c23-17-7-12-21(20(24)16-17)30-15-5-6-22(27)25-18-8-10-19(11-9-18)31(28,29)26-13-3-1-2-4-14-26/h7-12,16H,1-6,13-15H2,(H,25,27).